The number of phenolic OH excluding ortho intramolecular Hbond substituents is 1. The molecule has 1 amide bonds. The normalized spacial score (nSPS) is 10.1. The zero-order chi connectivity index (χ0) is 11.6. The molecule has 0 aliphatic heterocycles. The molecule has 0 aliphatic rings. The van der Waals surface area contributed by atoms with E-state index < -0.39 is 0 Å². The van der Waals surface area contributed by atoms with Crippen LogP contribution >= 0.6 is 11.6 Å². The van der Waals surface area contributed by atoms with Gasteiger partial charge in [0, 0.05) is 24.1 Å². The number of halogens is 1. The van der Waals surface area contributed by atoms with Gasteiger partial charge in [0.25, 0.3) is 0 Å². The predicted octanol–water partition coefficient (Wildman–Crippen LogP) is 2.30. The highest BCUT2D eigenvalue weighted by atomic mass is 35.5. The summed E-state index contributed by atoms with van der Waals surface area (Å²) in [5, 5.41) is 13.0. The average molecular weight is 228 g/mol. The molecule has 0 saturated carbocycles. The number of nitrogens with one attached hydrogen (secondary N) is 1. The third-order valence-corrected chi connectivity index (χ3v) is 2.89. The van der Waals surface area contributed by atoms with Crippen molar-refractivity contribution < 1.29 is 9.90 Å². The van der Waals surface area contributed by atoms with Crippen molar-refractivity contribution in [3.63, 3.8) is 0 Å². The fraction of sp³-hybridized carbons (Fsp3) is 0.364. The summed E-state index contributed by atoms with van der Waals surface area (Å²) < 4.78 is 0. The Labute approximate surface area is 94.1 Å². The van der Waals surface area contributed by atoms with Crippen molar-refractivity contribution in [1.82, 2.24) is 5.32 Å². The van der Waals surface area contributed by atoms with Crippen LogP contribution in [0.1, 0.15) is 23.6 Å². The molecule has 0 bridgehead atoms. The van der Waals surface area contributed by atoms with Gasteiger partial charge < -0.3 is 10.4 Å². The van der Waals surface area contributed by atoms with E-state index in [2.05, 4.69) is 5.32 Å². The van der Waals surface area contributed by atoms with Gasteiger partial charge in [0.05, 0.1) is 0 Å². The summed E-state index contributed by atoms with van der Waals surface area (Å²) in [6, 6.07) is 1.60. The molecule has 15 heavy (non-hydrogen) atoms. The van der Waals surface area contributed by atoms with Gasteiger partial charge in [-0.2, -0.15) is 0 Å². The first kappa shape index (κ1) is 11.9. The van der Waals surface area contributed by atoms with Crippen molar-refractivity contribution in [3.8, 4) is 5.75 Å². The van der Waals surface area contributed by atoms with E-state index in [1.54, 1.807) is 6.07 Å². The van der Waals surface area contributed by atoms with E-state index in [1.165, 1.54) is 6.92 Å². The minimum absolute atomic E-state index is 0.134. The molecular formula is C11H14ClNO2. The standard InChI is InChI=1S/C11H14ClNO2/c1-6-4-10(15)9(5-13-8(3)14)7(2)11(6)12/h4,15H,5H2,1-3H3,(H,13,14). The molecule has 0 saturated heterocycles. The third kappa shape index (κ3) is 2.63. The van der Waals surface area contributed by atoms with E-state index in [1.807, 2.05) is 13.8 Å². The second kappa shape index (κ2) is 4.53. The molecule has 0 radical (unpaired) electrons. The van der Waals surface area contributed by atoms with Gasteiger partial charge in [-0.1, -0.05) is 11.6 Å². The van der Waals surface area contributed by atoms with Crippen LogP contribution in [0.15, 0.2) is 6.07 Å². The van der Waals surface area contributed by atoms with Crippen LogP contribution in [0.25, 0.3) is 0 Å². The lowest BCUT2D eigenvalue weighted by atomic mass is 10.0. The van der Waals surface area contributed by atoms with Gasteiger partial charge in [0.15, 0.2) is 0 Å². The minimum Gasteiger partial charge on any atom is -0.508 e. The summed E-state index contributed by atoms with van der Waals surface area (Å²) in [6.45, 7) is 5.39. The molecule has 0 aromatic heterocycles. The Kier molecular flexibility index (Phi) is 3.58. The van der Waals surface area contributed by atoms with E-state index in [9.17, 15) is 9.90 Å². The SMILES string of the molecule is CC(=O)NCc1c(O)cc(C)c(Cl)c1C. The number of hydrogen-bond acceptors (Lipinski definition) is 2. The van der Waals surface area contributed by atoms with Crippen molar-refractivity contribution in [2.75, 3.05) is 0 Å². The number of hydrogen-bond donors (Lipinski definition) is 2. The monoisotopic (exact) mass is 227 g/mol. The van der Waals surface area contributed by atoms with Gasteiger partial charge in [-0.05, 0) is 31.0 Å². The first-order valence-corrected chi connectivity index (χ1v) is 5.03. The van der Waals surface area contributed by atoms with Crippen LogP contribution in [0.5, 0.6) is 5.75 Å². The lowest BCUT2D eigenvalue weighted by Gasteiger charge is -2.12. The number of aromatic hydroxyl groups is 1. The summed E-state index contributed by atoms with van der Waals surface area (Å²) in [6.07, 6.45) is 0. The van der Waals surface area contributed by atoms with Crippen molar-refractivity contribution in [2.24, 2.45) is 0 Å². The van der Waals surface area contributed by atoms with E-state index >= 15 is 0 Å². The fourth-order valence-electron chi connectivity index (χ4n) is 1.41. The van der Waals surface area contributed by atoms with Gasteiger partial charge in [-0.15, -0.1) is 0 Å². The second-order valence-electron chi connectivity index (χ2n) is 3.54. The number of carbonyl (C=O) groups is 1. The summed E-state index contributed by atoms with van der Waals surface area (Å²) in [5.41, 5.74) is 2.31. The molecule has 1 rings (SSSR count). The number of amides is 1. The molecule has 0 heterocycles. The first-order valence-electron chi connectivity index (χ1n) is 4.65. The van der Waals surface area contributed by atoms with Crippen molar-refractivity contribution in [1.29, 1.82) is 0 Å². The van der Waals surface area contributed by atoms with Crippen LogP contribution in [0.4, 0.5) is 0 Å². The van der Waals surface area contributed by atoms with Crippen LogP contribution in [-0.4, -0.2) is 11.0 Å². The zero-order valence-electron chi connectivity index (χ0n) is 9.02. The number of rotatable bonds is 2. The largest absolute Gasteiger partial charge is 0.508 e. The second-order valence-corrected chi connectivity index (χ2v) is 3.92. The maximum atomic E-state index is 10.8. The van der Waals surface area contributed by atoms with Crippen LogP contribution in [0.3, 0.4) is 0 Å². The highest BCUT2D eigenvalue weighted by Crippen LogP contribution is 2.30. The predicted molar refractivity (Wildman–Crippen MR) is 60.1 cm³/mol. The van der Waals surface area contributed by atoms with Crippen LogP contribution in [0.2, 0.25) is 5.02 Å². The minimum atomic E-state index is -0.134. The van der Waals surface area contributed by atoms with Gasteiger partial charge in [-0.25, -0.2) is 0 Å². The Hall–Kier alpha value is -1.22. The Morgan fingerprint density at radius 2 is 2.13 bits per heavy atom. The molecule has 4 heteroatoms. The molecule has 0 aliphatic carbocycles. The van der Waals surface area contributed by atoms with E-state index in [-0.39, 0.29) is 11.7 Å². The van der Waals surface area contributed by atoms with E-state index in [0.717, 1.165) is 11.1 Å². The van der Waals surface area contributed by atoms with E-state index in [4.69, 9.17) is 11.6 Å². The van der Waals surface area contributed by atoms with Crippen molar-refractivity contribution >= 4 is 17.5 Å². The molecule has 2 N–H and O–H groups in total. The number of aryl methyl sites for hydroxylation is 1. The lowest BCUT2D eigenvalue weighted by Crippen LogP contribution is -2.19. The smallest absolute Gasteiger partial charge is 0.217 e. The number of benzene rings is 1. The molecule has 1 aromatic rings. The Balaban J connectivity index is 3.07. The fourth-order valence-corrected chi connectivity index (χ4v) is 1.58. The van der Waals surface area contributed by atoms with Crippen molar-refractivity contribution in [2.45, 2.75) is 27.3 Å². The Morgan fingerprint density at radius 3 is 2.67 bits per heavy atom. The number of phenols is 1. The highest BCUT2D eigenvalue weighted by molar-refractivity contribution is 6.32. The van der Waals surface area contributed by atoms with Gasteiger partial charge in [-0.3, -0.25) is 4.79 Å². The molecule has 0 fully saturated rings. The third-order valence-electron chi connectivity index (χ3n) is 2.30. The Bertz CT molecular complexity index is 402. The van der Waals surface area contributed by atoms with Crippen molar-refractivity contribution in [3.05, 3.63) is 27.8 Å². The van der Waals surface area contributed by atoms with Gasteiger partial charge >= 0.3 is 0 Å². The lowest BCUT2D eigenvalue weighted by molar-refractivity contribution is -0.119. The molecule has 3 nitrogen and oxygen atoms in total. The topological polar surface area (TPSA) is 49.3 Å². The molecule has 82 valence electrons. The van der Waals surface area contributed by atoms with E-state index in [0.29, 0.717) is 17.1 Å². The van der Waals surface area contributed by atoms with Gasteiger partial charge in [0.2, 0.25) is 5.91 Å². The van der Waals surface area contributed by atoms with Gasteiger partial charge in [0.1, 0.15) is 5.75 Å². The molecule has 0 atom stereocenters. The maximum absolute atomic E-state index is 10.8. The molecule has 0 spiro atoms. The summed E-state index contributed by atoms with van der Waals surface area (Å²) in [7, 11) is 0. The summed E-state index contributed by atoms with van der Waals surface area (Å²) in [4.78, 5) is 10.8. The van der Waals surface area contributed by atoms with Crippen LogP contribution < -0.4 is 5.32 Å². The van der Waals surface area contributed by atoms with Crippen LogP contribution in [-0.2, 0) is 11.3 Å². The highest BCUT2D eigenvalue weighted by Gasteiger charge is 2.11. The molecule has 1 aromatic carbocycles. The zero-order valence-corrected chi connectivity index (χ0v) is 9.77. The summed E-state index contributed by atoms with van der Waals surface area (Å²) >= 11 is 6.05. The average Bonchev–Trinajstić information content (AvgIpc) is 2.14. The first-order chi connectivity index (χ1) is 6.93. The molecule has 0 unspecified atom stereocenters. The quantitative estimate of drug-likeness (QED) is 0.815. The number of carbonyl (C=O) groups excluding carboxylic acids is 1. The summed E-state index contributed by atoms with van der Waals surface area (Å²) in [5.74, 6) is 0.0358. The molecular weight excluding hydrogens is 214 g/mol. The van der Waals surface area contributed by atoms with Crippen LogP contribution in [0, 0.1) is 13.8 Å². The Morgan fingerprint density at radius 1 is 1.53 bits per heavy atom. The maximum Gasteiger partial charge on any atom is 0.217 e.